The van der Waals surface area contributed by atoms with E-state index in [0.29, 0.717) is 12.3 Å². The number of halogens is 2. The van der Waals surface area contributed by atoms with Crippen molar-refractivity contribution in [2.45, 2.75) is 43.7 Å². The maximum atomic E-state index is 13.4. The molecule has 0 spiro atoms. The molecule has 1 heterocycles. The lowest BCUT2D eigenvalue weighted by Gasteiger charge is -2.72. The van der Waals surface area contributed by atoms with Crippen molar-refractivity contribution < 1.29 is 19.3 Å². The quantitative estimate of drug-likeness (QED) is 0.381. The molecule has 1 aromatic carbocycles. The van der Waals surface area contributed by atoms with Gasteiger partial charge in [-0.25, -0.2) is 9.37 Å². The fourth-order valence-corrected chi connectivity index (χ4v) is 4.55. The SMILES string of the molecule is OC(COc1ccc(Cl)c(F)c1)NC12CC(C(O)NCCc3cnc[nH]3)(C1)C2. The Hall–Kier alpha value is -1.71. The molecule has 3 fully saturated rings. The zero-order chi connectivity index (χ0) is 19.8. The number of ether oxygens (including phenoxy) is 1. The number of aliphatic hydroxyl groups excluding tert-OH is 2. The summed E-state index contributed by atoms with van der Waals surface area (Å²) in [6.07, 6.45) is 5.14. The highest BCUT2D eigenvalue weighted by Gasteiger charge is 2.70. The third-order valence-electron chi connectivity index (χ3n) is 5.71. The summed E-state index contributed by atoms with van der Waals surface area (Å²) in [5, 5.41) is 27.0. The molecule has 0 saturated heterocycles. The van der Waals surface area contributed by atoms with Crippen molar-refractivity contribution in [1.82, 2.24) is 20.6 Å². The van der Waals surface area contributed by atoms with E-state index in [1.807, 2.05) is 0 Å². The Morgan fingerprint density at radius 2 is 2.11 bits per heavy atom. The van der Waals surface area contributed by atoms with Gasteiger partial charge >= 0.3 is 0 Å². The van der Waals surface area contributed by atoms with Crippen molar-refractivity contribution >= 4 is 11.6 Å². The van der Waals surface area contributed by atoms with Crippen LogP contribution in [0.1, 0.15) is 25.0 Å². The van der Waals surface area contributed by atoms with Gasteiger partial charge in [0.2, 0.25) is 0 Å². The smallest absolute Gasteiger partial charge is 0.145 e. The summed E-state index contributed by atoms with van der Waals surface area (Å²) < 4.78 is 18.8. The molecule has 7 nitrogen and oxygen atoms in total. The van der Waals surface area contributed by atoms with Crippen LogP contribution in [-0.4, -0.2) is 51.3 Å². The Labute approximate surface area is 167 Å². The molecule has 152 valence electrons. The normalized spacial score (nSPS) is 27.6. The molecule has 3 aliphatic rings. The van der Waals surface area contributed by atoms with Crippen LogP contribution in [0.5, 0.6) is 5.75 Å². The van der Waals surface area contributed by atoms with Crippen LogP contribution >= 0.6 is 11.6 Å². The van der Waals surface area contributed by atoms with E-state index >= 15 is 0 Å². The van der Waals surface area contributed by atoms with Gasteiger partial charge in [0.15, 0.2) is 0 Å². The largest absolute Gasteiger partial charge is 0.489 e. The Bertz CT molecular complexity index is 800. The summed E-state index contributed by atoms with van der Waals surface area (Å²) in [5.74, 6) is -0.245. The molecule has 2 aromatic rings. The van der Waals surface area contributed by atoms with E-state index in [1.165, 1.54) is 12.1 Å². The molecular formula is C19H24ClFN4O3. The summed E-state index contributed by atoms with van der Waals surface area (Å²) in [7, 11) is 0. The predicted octanol–water partition coefficient (Wildman–Crippen LogP) is 1.56. The molecule has 0 aliphatic heterocycles. The first kappa shape index (κ1) is 19.6. The zero-order valence-electron chi connectivity index (χ0n) is 15.3. The third-order valence-corrected chi connectivity index (χ3v) is 6.02. The Balaban J connectivity index is 1.17. The van der Waals surface area contributed by atoms with Crippen LogP contribution in [0.3, 0.4) is 0 Å². The second-order valence-electron chi connectivity index (χ2n) is 7.90. The van der Waals surface area contributed by atoms with Gasteiger partial charge in [0.25, 0.3) is 0 Å². The van der Waals surface area contributed by atoms with E-state index in [9.17, 15) is 14.6 Å². The van der Waals surface area contributed by atoms with Gasteiger partial charge in [0.05, 0.1) is 11.3 Å². The highest BCUT2D eigenvalue weighted by Crippen LogP contribution is 2.68. The lowest BCUT2D eigenvalue weighted by molar-refractivity contribution is -0.234. The Kier molecular flexibility index (Phi) is 5.32. The second kappa shape index (κ2) is 7.61. The van der Waals surface area contributed by atoms with Crippen LogP contribution < -0.4 is 15.4 Å². The minimum Gasteiger partial charge on any atom is -0.489 e. The molecule has 28 heavy (non-hydrogen) atoms. The number of rotatable bonds is 10. The van der Waals surface area contributed by atoms with Gasteiger partial charge in [-0.05, 0) is 31.4 Å². The average Bonchev–Trinajstić information content (AvgIpc) is 3.11. The first-order valence-corrected chi connectivity index (χ1v) is 9.70. The maximum absolute atomic E-state index is 13.4. The number of nitrogens with zero attached hydrogens (tertiary/aromatic N) is 1. The molecule has 2 unspecified atom stereocenters. The zero-order valence-corrected chi connectivity index (χ0v) is 16.0. The first-order valence-electron chi connectivity index (χ1n) is 9.32. The molecule has 3 saturated carbocycles. The molecule has 0 amide bonds. The maximum Gasteiger partial charge on any atom is 0.145 e. The number of aromatic amines is 1. The highest BCUT2D eigenvalue weighted by molar-refractivity contribution is 6.30. The van der Waals surface area contributed by atoms with Gasteiger partial charge in [-0.2, -0.15) is 0 Å². The topological polar surface area (TPSA) is 102 Å². The van der Waals surface area contributed by atoms with Gasteiger partial charge in [0.1, 0.15) is 30.6 Å². The second-order valence-corrected chi connectivity index (χ2v) is 8.31. The van der Waals surface area contributed by atoms with Gasteiger partial charge in [-0.1, -0.05) is 11.6 Å². The summed E-state index contributed by atoms with van der Waals surface area (Å²) in [5.41, 5.74) is 0.750. The van der Waals surface area contributed by atoms with E-state index in [2.05, 4.69) is 20.6 Å². The number of nitrogens with one attached hydrogen (secondary N) is 3. The fraction of sp³-hybridized carbons (Fsp3) is 0.526. The third kappa shape index (κ3) is 3.88. The predicted molar refractivity (Wildman–Crippen MR) is 101 cm³/mol. The summed E-state index contributed by atoms with van der Waals surface area (Å²) in [4.78, 5) is 7.01. The van der Waals surface area contributed by atoms with E-state index in [4.69, 9.17) is 16.3 Å². The van der Waals surface area contributed by atoms with Crippen LogP contribution in [0, 0.1) is 11.2 Å². The molecule has 3 aliphatic carbocycles. The first-order chi connectivity index (χ1) is 13.4. The lowest BCUT2D eigenvalue weighted by Crippen LogP contribution is -2.80. The van der Waals surface area contributed by atoms with Crippen molar-refractivity contribution in [1.29, 1.82) is 0 Å². The van der Waals surface area contributed by atoms with Gasteiger partial charge in [-0.15, -0.1) is 0 Å². The Morgan fingerprint density at radius 3 is 2.79 bits per heavy atom. The molecule has 9 heteroatoms. The number of hydrogen-bond acceptors (Lipinski definition) is 6. The average molecular weight is 411 g/mol. The van der Waals surface area contributed by atoms with E-state index in [1.54, 1.807) is 18.6 Å². The number of imidazole rings is 1. The van der Waals surface area contributed by atoms with E-state index in [-0.39, 0.29) is 22.6 Å². The van der Waals surface area contributed by atoms with Crippen LogP contribution in [0.2, 0.25) is 5.02 Å². The number of benzene rings is 1. The van der Waals surface area contributed by atoms with Crippen molar-refractivity contribution in [3.63, 3.8) is 0 Å². The fourth-order valence-electron chi connectivity index (χ4n) is 4.43. The van der Waals surface area contributed by atoms with Gasteiger partial charge in [0, 0.05) is 41.9 Å². The van der Waals surface area contributed by atoms with Crippen molar-refractivity contribution in [2.75, 3.05) is 13.2 Å². The molecule has 2 bridgehead atoms. The molecule has 5 rings (SSSR count). The summed E-state index contributed by atoms with van der Waals surface area (Å²) >= 11 is 5.64. The van der Waals surface area contributed by atoms with Crippen LogP contribution in [0.4, 0.5) is 4.39 Å². The lowest BCUT2D eigenvalue weighted by atomic mass is 9.38. The number of aliphatic hydroxyl groups is 2. The van der Waals surface area contributed by atoms with Crippen molar-refractivity contribution in [3.8, 4) is 5.75 Å². The summed E-state index contributed by atoms with van der Waals surface area (Å²) in [6.45, 7) is 0.667. The molecule has 0 radical (unpaired) electrons. The van der Waals surface area contributed by atoms with Crippen molar-refractivity contribution in [3.05, 3.63) is 47.3 Å². The van der Waals surface area contributed by atoms with E-state index < -0.39 is 18.3 Å². The minimum atomic E-state index is -0.873. The molecule has 2 atom stereocenters. The molecule has 1 aromatic heterocycles. The number of H-pyrrole nitrogens is 1. The highest BCUT2D eigenvalue weighted by atomic mass is 35.5. The van der Waals surface area contributed by atoms with E-state index in [0.717, 1.165) is 31.4 Å². The standard InChI is InChI=1S/C19H24ClFN4O3/c20-14-2-1-13(5-15(14)21)28-7-16(26)25-19-8-18(9-19,10-19)17(27)23-4-3-12-6-22-11-24-12/h1-2,5-6,11,16-17,23,25-27H,3-4,7-10H2,(H,22,24). The van der Waals surface area contributed by atoms with Gasteiger partial charge in [-0.3, -0.25) is 10.6 Å². The van der Waals surface area contributed by atoms with Crippen molar-refractivity contribution in [2.24, 2.45) is 5.41 Å². The molecule has 5 N–H and O–H groups in total. The van der Waals surface area contributed by atoms with Gasteiger partial charge < -0.3 is 19.9 Å². The summed E-state index contributed by atoms with van der Waals surface area (Å²) in [6, 6.07) is 4.16. The van der Waals surface area contributed by atoms with Crippen LogP contribution in [0.25, 0.3) is 0 Å². The molecular weight excluding hydrogens is 387 g/mol. The van der Waals surface area contributed by atoms with Crippen LogP contribution in [-0.2, 0) is 6.42 Å². The number of hydrogen-bond donors (Lipinski definition) is 5. The minimum absolute atomic E-state index is 0.000802. The van der Waals surface area contributed by atoms with Crippen LogP contribution in [0.15, 0.2) is 30.7 Å². The Morgan fingerprint density at radius 1 is 1.32 bits per heavy atom. The number of aromatic nitrogens is 2. The monoisotopic (exact) mass is 410 g/mol.